The standard InChI is InChI=1S/C13H10B2F6O5S/c14-4-7-1-8(5-15)3-9(2-7)10(22)26-11(12(16,17)18,13(19,20)21)6-27(23,24)25/h1-3H,4-6H2,(H,23,24,25). The Labute approximate surface area is 152 Å². The molecule has 0 bridgehead atoms. The van der Waals surface area contributed by atoms with Crippen LogP contribution in [0.25, 0.3) is 0 Å². The molecule has 14 heteroatoms. The molecule has 0 unspecified atom stereocenters. The molecule has 1 N–H and O–H groups in total. The molecule has 0 spiro atoms. The second-order valence-corrected chi connectivity index (χ2v) is 6.84. The van der Waals surface area contributed by atoms with Crippen molar-refractivity contribution in [2.45, 2.75) is 30.6 Å². The van der Waals surface area contributed by atoms with Crippen LogP contribution in [0, 0.1) is 0 Å². The van der Waals surface area contributed by atoms with Crippen LogP contribution in [0.4, 0.5) is 26.3 Å². The Kier molecular flexibility index (Phi) is 6.69. The number of alkyl halides is 6. The number of hydrogen-bond acceptors (Lipinski definition) is 4. The van der Waals surface area contributed by atoms with Crippen LogP contribution in [0.2, 0.25) is 0 Å². The van der Waals surface area contributed by atoms with E-state index in [0.29, 0.717) is 0 Å². The van der Waals surface area contributed by atoms with Crippen molar-refractivity contribution in [3.8, 4) is 0 Å². The Morgan fingerprint density at radius 2 is 1.37 bits per heavy atom. The second-order valence-electron chi connectivity index (χ2n) is 5.38. The summed E-state index contributed by atoms with van der Waals surface area (Å²) in [5.41, 5.74) is -5.92. The zero-order valence-corrected chi connectivity index (χ0v) is 14.1. The molecule has 0 saturated carbocycles. The quantitative estimate of drug-likeness (QED) is 0.333. The van der Waals surface area contributed by atoms with E-state index in [1.165, 1.54) is 6.07 Å². The maximum absolute atomic E-state index is 13.2. The van der Waals surface area contributed by atoms with Gasteiger partial charge in [0.1, 0.15) is 5.75 Å². The summed E-state index contributed by atoms with van der Waals surface area (Å²) in [4.78, 5) is 12.0. The first-order valence-corrected chi connectivity index (χ1v) is 8.52. The average molecular weight is 414 g/mol. The van der Waals surface area contributed by atoms with E-state index >= 15 is 0 Å². The Bertz CT molecular complexity index is 770. The van der Waals surface area contributed by atoms with Gasteiger partial charge in [-0.15, -0.1) is 0 Å². The van der Waals surface area contributed by atoms with Gasteiger partial charge in [0.25, 0.3) is 10.1 Å². The van der Waals surface area contributed by atoms with Gasteiger partial charge in [0.15, 0.2) is 0 Å². The third kappa shape index (κ3) is 5.41. The van der Waals surface area contributed by atoms with E-state index in [1.54, 1.807) is 0 Å². The number of ether oxygens (including phenoxy) is 1. The van der Waals surface area contributed by atoms with E-state index in [4.69, 9.17) is 20.2 Å². The van der Waals surface area contributed by atoms with E-state index in [2.05, 4.69) is 4.74 Å². The average Bonchev–Trinajstić information content (AvgIpc) is 2.50. The normalized spacial score (nSPS) is 13.4. The molecule has 0 aliphatic rings. The van der Waals surface area contributed by atoms with Crippen LogP contribution in [-0.2, 0) is 27.5 Å². The Hall–Kier alpha value is -1.69. The minimum Gasteiger partial charge on any atom is -0.435 e. The van der Waals surface area contributed by atoms with Gasteiger partial charge in [0.05, 0.1) is 21.3 Å². The molecule has 27 heavy (non-hydrogen) atoms. The van der Waals surface area contributed by atoms with Crippen molar-refractivity contribution in [1.29, 1.82) is 0 Å². The largest absolute Gasteiger partial charge is 0.438 e. The van der Waals surface area contributed by atoms with E-state index in [9.17, 15) is 39.6 Å². The number of benzene rings is 1. The molecule has 0 aliphatic heterocycles. The van der Waals surface area contributed by atoms with Crippen LogP contribution < -0.4 is 0 Å². The van der Waals surface area contributed by atoms with Gasteiger partial charge in [-0.3, -0.25) is 4.55 Å². The molecule has 0 atom stereocenters. The van der Waals surface area contributed by atoms with Gasteiger partial charge in [-0.05, 0) is 12.1 Å². The zero-order chi connectivity index (χ0) is 21.3. The summed E-state index contributed by atoms with van der Waals surface area (Å²) in [6.45, 7) is 0. The highest BCUT2D eigenvalue weighted by atomic mass is 32.2. The van der Waals surface area contributed by atoms with Crippen LogP contribution in [-0.4, -0.2) is 58.3 Å². The predicted octanol–water partition coefficient (Wildman–Crippen LogP) is 1.93. The second kappa shape index (κ2) is 7.74. The monoisotopic (exact) mass is 414 g/mol. The Morgan fingerprint density at radius 3 is 1.67 bits per heavy atom. The van der Waals surface area contributed by atoms with Crippen LogP contribution in [0.3, 0.4) is 0 Å². The minimum absolute atomic E-state index is 0.157. The van der Waals surface area contributed by atoms with Crippen molar-refractivity contribution in [1.82, 2.24) is 0 Å². The number of esters is 1. The number of rotatable bonds is 6. The summed E-state index contributed by atoms with van der Waals surface area (Å²) < 4.78 is 113. The minimum atomic E-state index is -6.40. The first-order chi connectivity index (χ1) is 12.1. The predicted molar refractivity (Wildman–Crippen MR) is 82.0 cm³/mol. The molecule has 0 saturated heterocycles. The van der Waals surface area contributed by atoms with Crippen molar-refractivity contribution in [2.24, 2.45) is 0 Å². The lowest BCUT2D eigenvalue weighted by atomic mass is 9.89. The van der Waals surface area contributed by atoms with Gasteiger partial charge in [0.2, 0.25) is 0 Å². The molecule has 4 radical (unpaired) electrons. The first kappa shape index (κ1) is 23.3. The topological polar surface area (TPSA) is 80.7 Å². The molecule has 0 aromatic heterocycles. The molecule has 0 amide bonds. The van der Waals surface area contributed by atoms with Gasteiger partial charge < -0.3 is 4.74 Å². The van der Waals surface area contributed by atoms with E-state index in [-0.39, 0.29) is 23.8 Å². The van der Waals surface area contributed by atoms with Crippen LogP contribution in [0.1, 0.15) is 21.5 Å². The first-order valence-electron chi connectivity index (χ1n) is 6.91. The highest BCUT2D eigenvalue weighted by Crippen LogP contribution is 2.47. The van der Waals surface area contributed by atoms with Crippen molar-refractivity contribution in [2.75, 3.05) is 5.75 Å². The van der Waals surface area contributed by atoms with Crippen molar-refractivity contribution < 1.29 is 48.8 Å². The summed E-state index contributed by atoms with van der Waals surface area (Å²) in [7, 11) is 4.79. The number of carbonyl (C=O) groups is 1. The smallest absolute Gasteiger partial charge is 0.435 e. The van der Waals surface area contributed by atoms with E-state index in [0.717, 1.165) is 12.1 Å². The molecule has 0 aliphatic carbocycles. The summed E-state index contributed by atoms with van der Waals surface area (Å²) in [6, 6.07) is 3.09. The molecule has 1 aromatic rings. The lowest BCUT2D eigenvalue weighted by molar-refractivity contribution is -0.356. The molecule has 1 rings (SSSR count). The molecule has 0 fully saturated rings. The summed E-state index contributed by atoms with van der Waals surface area (Å²) in [5.74, 6) is -5.09. The fourth-order valence-electron chi connectivity index (χ4n) is 2.06. The van der Waals surface area contributed by atoms with Crippen LogP contribution in [0.5, 0.6) is 0 Å². The van der Waals surface area contributed by atoms with Gasteiger partial charge in [-0.2, -0.15) is 34.8 Å². The lowest BCUT2D eigenvalue weighted by Crippen LogP contribution is -2.63. The highest BCUT2D eigenvalue weighted by Gasteiger charge is 2.76. The maximum Gasteiger partial charge on any atom is 0.438 e. The van der Waals surface area contributed by atoms with E-state index in [1.807, 2.05) is 0 Å². The number of hydrogen-bond donors (Lipinski definition) is 1. The molecular weight excluding hydrogens is 404 g/mol. The zero-order valence-electron chi connectivity index (χ0n) is 13.3. The summed E-state index contributed by atoms with van der Waals surface area (Å²) >= 11 is 0. The number of halogens is 6. The third-order valence-electron chi connectivity index (χ3n) is 3.33. The van der Waals surface area contributed by atoms with Crippen molar-refractivity contribution >= 4 is 31.8 Å². The maximum atomic E-state index is 13.2. The van der Waals surface area contributed by atoms with Crippen molar-refractivity contribution in [3.05, 3.63) is 34.9 Å². The third-order valence-corrected chi connectivity index (χ3v) is 4.10. The molecule has 5 nitrogen and oxygen atoms in total. The fourth-order valence-corrected chi connectivity index (χ4v) is 2.96. The van der Waals surface area contributed by atoms with E-state index < -0.39 is 45.4 Å². The SMILES string of the molecule is [B]Cc1cc(C[B])cc(C(=O)OC(CS(=O)(=O)O)(C(F)(F)F)C(F)(F)F)c1. The number of carbonyl (C=O) groups excluding carboxylic acids is 1. The molecule has 0 heterocycles. The summed E-state index contributed by atoms with van der Waals surface area (Å²) in [6.07, 6.45) is -13.2. The Balaban J connectivity index is 3.52. The van der Waals surface area contributed by atoms with Crippen LogP contribution >= 0.6 is 0 Å². The highest BCUT2D eigenvalue weighted by molar-refractivity contribution is 7.85. The molecule has 1 aromatic carbocycles. The van der Waals surface area contributed by atoms with Crippen LogP contribution in [0.15, 0.2) is 18.2 Å². The van der Waals surface area contributed by atoms with Crippen molar-refractivity contribution in [3.63, 3.8) is 0 Å². The summed E-state index contributed by atoms with van der Waals surface area (Å²) in [5, 5.41) is 0. The van der Waals surface area contributed by atoms with Gasteiger partial charge in [0, 0.05) is 0 Å². The molecule has 146 valence electrons. The molecular formula is C13H10B2F6O5S. The van der Waals surface area contributed by atoms with Gasteiger partial charge in [-0.25, -0.2) is 4.79 Å². The lowest BCUT2D eigenvalue weighted by Gasteiger charge is -2.35. The fraction of sp³-hybridized carbons (Fsp3) is 0.462. The van der Waals surface area contributed by atoms with Gasteiger partial charge >= 0.3 is 23.9 Å². The van der Waals surface area contributed by atoms with Gasteiger partial charge in [-0.1, -0.05) is 29.8 Å². The Morgan fingerprint density at radius 1 is 0.963 bits per heavy atom.